The second-order valence-electron chi connectivity index (χ2n) is 6.29. The summed E-state index contributed by atoms with van der Waals surface area (Å²) in [7, 11) is 1.58. The van der Waals surface area contributed by atoms with Crippen LogP contribution < -0.4 is 9.47 Å². The molecule has 0 aliphatic carbocycles. The highest BCUT2D eigenvalue weighted by Crippen LogP contribution is 2.19. The molecule has 1 N–H and O–H groups in total. The van der Waals surface area contributed by atoms with E-state index in [1.54, 1.807) is 23.0 Å². The number of hydrogen-bond donors (Lipinski definition) is 1. The summed E-state index contributed by atoms with van der Waals surface area (Å²) in [6, 6.07) is 7.21. The topological polar surface area (TPSA) is 96.4 Å². The summed E-state index contributed by atoms with van der Waals surface area (Å²) in [5, 5.41) is 8.62. The number of ether oxygens (including phenoxy) is 2. The zero-order valence-electron chi connectivity index (χ0n) is 15.6. The van der Waals surface area contributed by atoms with Gasteiger partial charge in [0.2, 0.25) is 11.8 Å². The lowest BCUT2D eigenvalue weighted by Gasteiger charge is -2.35. The predicted octanol–water partition coefficient (Wildman–Crippen LogP) is 1.39. The number of nitrogens with zero attached hydrogens (tertiary/aromatic N) is 2. The molecular weight excluding hydrogens is 352 g/mol. The Morgan fingerprint density at radius 1 is 0.963 bits per heavy atom. The summed E-state index contributed by atoms with van der Waals surface area (Å²) in [4.78, 5) is 38.2. The van der Waals surface area contributed by atoms with Crippen molar-refractivity contribution in [1.29, 1.82) is 0 Å². The molecule has 1 aromatic carbocycles. The fourth-order valence-electron chi connectivity index (χ4n) is 2.86. The third kappa shape index (κ3) is 6.80. The summed E-state index contributed by atoms with van der Waals surface area (Å²) in [6.07, 6.45) is 0.838. The number of aliphatic carboxylic acids is 1. The highest BCUT2D eigenvalue weighted by atomic mass is 16.5. The summed E-state index contributed by atoms with van der Waals surface area (Å²) in [5.74, 6) is 0.400. The number of piperazine rings is 1. The molecule has 8 heteroatoms. The molecule has 1 saturated heterocycles. The summed E-state index contributed by atoms with van der Waals surface area (Å²) in [5.41, 5.74) is 0. The van der Waals surface area contributed by atoms with Crippen LogP contribution in [0.15, 0.2) is 24.3 Å². The molecule has 1 fully saturated rings. The van der Waals surface area contributed by atoms with E-state index in [1.807, 2.05) is 18.2 Å². The third-order valence-corrected chi connectivity index (χ3v) is 4.39. The first-order valence-electron chi connectivity index (χ1n) is 9.04. The number of amides is 2. The molecule has 8 nitrogen and oxygen atoms in total. The molecule has 0 bridgehead atoms. The maximum absolute atomic E-state index is 12.3. The standard InChI is InChI=1S/C19H26N2O6/c1-26-15-4-2-5-16(14-15)27-13-8-18(23)21-11-9-20(10-12-21)17(22)6-3-7-19(24)25/h2,4-5,14H,3,6-13H2,1H3,(H,24,25). The van der Waals surface area contributed by atoms with E-state index in [4.69, 9.17) is 14.6 Å². The first-order chi connectivity index (χ1) is 13.0. The Morgan fingerprint density at radius 3 is 2.15 bits per heavy atom. The molecule has 1 aromatic rings. The van der Waals surface area contributed by atoms with Gasteiger partial charge >= 0.3 is 5.97 Å². The van der Waals surface area contributed by atoms with Crippen LogP contribution in [0.25, 0.3) is 0 Å². The minimum absolute atomic E-state index is 0.00250. The minimum Gasteiger partial charge on any atom is -0.497 e. The van der Waals surface area contributed by atoms with Gasteiger partial charge in [-0.2, -0.15) is 0 Å². The van der Waals surface area contributed by atoms with Gasteiger partial charge in [-0.25, -0.2) is 0 Å². The van der Waals surface area contributed by atoms with Crippen LogP contribution in [0.4, 0.5) is 0 Å². The Kier molecular flexibility index (Phi) is 7.91. The Balaban J connectivity index is 1.67. The van der Waals surface area contributed by atoms with Gasteiger partial charge in [-0.3, -0.25) is 14.4 Å². The average molecular weight is 378 g/mol. The van der Waals surface area contributed by atoms with Gasteiger partial charge in [-0.1, -0.05) is 6.07 Å². The Morgan fingerprint density at radius 2 is 1.56 bits per heavy atom. The molecular formula is C19H26N2O6. The van der Waals surface area contributed by atoms with E-state index in [2.05, 4.69) is 0 Å². The Hall–Kier alpha value is -2.77. The van der Waals surface area contributed by atoms with Gasteiger partial charge < -0.3 is 24.4 Å². The maximum Gasteiger partial charge on any atom is 0.303 e. The van der Waals surface area contributed by atoms with Gasteiger partial charge in [0.05, 0.1) is 20.1 Å². The number of benzene rings is 1. The highest BCUT2D eigenvalue weighted by molar-refractivity contribution is 5.79. The van der Waals surface area contributed by atoms with E-state index >= 15 is 0 Å². The van der Waals surface area contributed by atoms with Crippen LogP contribution in [0.1, 0.15) is 25.7 Å². The van der Waals surface area contributed by atoms with Crippen molar-refractivity contribution in [2.75, 3.05) is 39.9 Å². The van der Waals surface area contributed by atoms with Crippen molar-refractivity contribution in [3.8, 4) is 11.5 Å². The van der Waals surface area contributed by atoms with Gasteiger partial charge in [0.25, 0.3) is 0 Å². The van der Waals surface area contributed by atoms with Gasteiger partial charge in [0, 0.05) is 45.1 Å². The number of methoxy groups -OCH3 is 1. The van der Waals surface area contributed by atoms with Crippen LogP contribution in [0.3, 0.4) is 0 Å². The Labute approximate surface area is 158 Å². The van der Waals surface area contributed by atoms with Crippen LogP contribution in [0.5, 0.6) is 11.5 Å². The summed E-state index contributed by atoms with van der Waals surface area (Å²) >= 11 is 0. The molecule has 2 rings (SSSR count). The molecule has 0 atom stereocenters. The first kappa shape index (κ1) is 20.5. The first-order valence-corrected chi connectivity index (χ1v) is 9.04. The smallest absolute Gasteiger partial charge is 0.303 e. The van der Waals surface area contributed by atoms with Crippen molar-refractivity contribution in [3.63, 3.8) is 0 Å². The average Bonchev–Trinajstić information content (AvgIpc) is 2.67. The number of carbonyl (C=O) groups excluding carboxylic acids is 2. The molecule has 1 aliphatic rings. The number of carbonyl (C=O) groups is 3. The maximum atomic E-state index is 12.3. The van der Waals surface area contributed by atoms with Gasteiger partial charge in [0.15, 0.2) is 0 Å². The van der Waals surface area contributed by atoms with E-state index < -0.39 is 5.97 Å². The number of carboxylic acids is 1. The van der Waals surface area contributed by atoms with Crippen LogP contribution in [-0.4, -0.2) is 72.6 Å². The largest absolute Gasteiger partial charge is 0.497 e. The van der Waals surface area contributed by atoms with Crippen molar-refractivity contribution in [2.24, 2.45) is 0 Å². The molecule has 27 heavy (non-hydrogen) atoms. The lowest BCUT2D eigenvalue weighted by Crippen LogP contribution is -2.50. The second kappa shape index (κ2) is 10.4. The zero-order chi connectivity index (χ0) is 19.6. The second-order valence-corrected chi connectivity index (χ2v) is 6.29. The van der Waals surface area contributed by atoms with Crippen LogP contribution in [-0.2, 0) is 14.4 Å². The molecule has 0 unspecified atom stereocenters. The fraction of sp³-hybridized carbons (Fsp3) is 0.526. The normalized spacial score (nSPS) is 14.0. The van der Waals surface area contributed by atoms with E-state index in [-0.39, 0.29) is 37.7 Å². The number of rotatable bonds is 9. The summed E-state index contributed by atoms with van der Waals surface area (Å²) < 4.78 is 10.7. The van der Waals surface area contributed by atoms with Crippen molar-refractivity contribution in [3.05, 3.63) is 24.3 Å². The summed E-state index contributed by atoms with van der Waals surface area (Å²) in [6.45, 7) is 2.22. The zero-order valence-corrected chi connectivity index (χ0v) is 15.6. The van der Waals surface area contributed by atoms with Crippen molar-refractivity contribution >= 4 is 17.8 Å². The predicted molar refractivity (Wildman–Crippen MR) is 97.8 cm³/mol. The van der Waals surface area contributed by atoms with Crippen molar-refractivity contribution < 1.29 is 29.0 Å². The molecule has 0 aromatic heterocycles. The fourth-order valence-corrected chi connectivity index (χ4v) is 2.86. The number of hydrogen-bond acceptors (Lipinski definition) is 5. The molecule has 1 aliphatic heterocycles. The van der Waals surface area contributed by atoms with E-state index in [1.165, 1.54) is 0 Å². The van der Waals surface area contributed by atoms with Gasteiger partial charge in [-0.05, 0) is 18.6 Å². The molecule has 2 amide bonds. The molecule has 1 heterocycles. The van der Waals surface area contributed by atoms with Crippen LogP contribution >= 0.6 is 0 Å². The van der Waals surface area contributed by atoms with Gasteiger partial charge in [-0.15, -0.1) is 0 Å². The highest BCUT2D eigenvalue weighted by Gasteiger charge is 2.23. The lowest BCUT2D eigenvalue weighted by atomic mass is 10.2. The lowest BCUT2D eigenvalue weighted by molar-refractivity contribution is -0.140. The van der Waals surface area contributed by atoms with Crippen LogP contribution in [0, 0.1) is 0 Å². The Bertz CT molecular complexity index is 655. The van der Waals surface area contributed by atoms with E-state index in [0.717, 1.165) is 0 Å². The molecule has 0 radical (unpaired) electrons. The quantitative estimate of drug-likeness (QED) is 0.698. The molecule has 0 spiro atoms. The van der Waals surface area contributed by atoms with Crippen molar-refractivity contribution in [1.82, 2.24) is 9.80 Å². The minimum atomic E-state index is -0.894. The van der Waals surface area contributed by atoms with Crippen LogP contribution in [0.2, 0.25) is 0 Å². The SMILES string of the molecule is COc1cccc(OCCC(=O)N2CCN(C(=O)CCCC(=O)O)CC2)c1. The van der Waals surface area contributed by atoms with E-state index in [9.17, 15) is 14.4 Å². The molecule has 0 saturated carbocycles. The van der Waals surface area contributed by atoms with Crippen molar-refractivity contribution in [2.45, 2.75) is 25.7 Å². The monoisotopic (exact) mass is 378 g/mol. The number of carboxylic acid groups (broad SMARTS) is 1. The van der Waals surface area contributed by atoms with Gasteiger partial charge in [0.1, 0.15) is 11.5 Å². The molecule has 148 valence electrons. The third-order valence-electron chi connectivity index (χ3n) is 4.39. The van der Waals surface area contributed by atoms with E-state index in [0.29, 0.717) is 44.1 Å².